The van der Waals surface area contributed by atoms with Gasteiger partial charge < -0.3 is 4.74 Å². The quantitative estimate of drug-likeness (QED) is 0.416. The van der Waals surface area contributed by atoms with Gasteiger partial charge in [0.1, 0.15) is 5.75 Å². The first-order valence-corrected chi connectivity index (χ1v) is 9.43. The molecule has 0 saturated heterocycles. The van der Waals surface area contributed by atoms with Crippen LogP contribution >= 0.6 is 11.8 Å². The van der Waals surface area contributed by atoms with Crippen LogP contribution in [-0.4, -0.2) is 17.7 Å². The van der Waals surface area contributed by atoms with Crippen molar-refractivity contribution in [2.45, 2.75) is 9.79 Å². The van der Waals surface area contributed by atoms with Crippen LogP contribution in [0.25, 0.3) is 10.9 Å². The molecule has 0 aliphatic carbocycles. The zero-order valence-corrected chi connectivity index (χ0v) is 15.4. The third kappa shape index (κ3) is 2.51. The number of anilines is 2. The third-order valence-corrected chi connectivity index (χ3v) is 5.86. The Morgan fingerprint density at radius 2 is 1.56 bits per heavy atom. The molecule has 3 aromatic carbocycles. The van der Waals surface area contributed by atoms with Gasteiger partial charge in [0.25, 0.3) is 0 Å². The molecule has 0 fully saturated rings. The number of carbonyl (C=O) groups excluding carboxylic acids is 1. The molecule has 0 unspecified atom stereocenters. The van der Waals surface area contributed by atoms with Crippen LogP contribution in [0.15, 0.2) is 88.8 Å². The highest BCUT2D eigenvalue weighted by molar-refractivity contribution is 7.99. The van der Waals surface area contributed by atoms with Gasteiger partial charge in [0.15, 0.2) is 0 Å². The molecule has 0 saturated carbocycles. The SMILES string of the molecule is COc1ccc2c(ccn2C(=O)N2c3ccccc3Sc3ccccc32)c1. The number of benzene rings is 3. The lowest BCUT2D eigenvalue weighted by Gasteiger charge is -2.31. The lowest BCUT2D eigenvalue weighted by atomic mass is 10.2. The average Bonchev–Trinajstić information content (AvgIpc) is 3.14. The van der Waals surface area contributed by atoms with E-state index in [1.54, 1.807) is 28.3 Å². The first-order valence-electron chi connectivity index (χ1n) is 8.62. The van der Waals surface area contributed by atoms with Gasteiger partial charge in [-0.05, 0) is 48.5 Å². The highest BCUT2D eigenvalue weighted by Crippen LogP contribution is 2.48. The molecule has 0 atom stereocenters. The van der Waals surface area contributed by atoms with E-state index in [4.69, 9.17) is 4.74 Å². The second-order valence-corrected chi connectivity index (χ2v) is 7.35. The average molecular weight is 372 g/mol. The molecule has 4 nitrogen and oxygen atoms in total. The van der Waals surface area contributed by atoms with Gasteiger partial charge in [0, 0.05) is 21.4 Å². The van der Waals surface area contributed by atoms with E-state index in [-0.39, 0.29) is 6.03 Å². The van der Waals surface area contributed by atoms with E-state index in [0.29, 0.717) is 0 Å². The van der Waals surface area contributed by atoms with Crippen LogP contribution in [-0.2, 0) is 0 Å². The number of rotatable bonds is 1. The fourth-order valence-corrected chi connectivity index (χ4v) is 4.49. The van der Waals surface area contributed by atoms with E-state index in [2.05, 4.69) is 12.1 Å². The minimum atomic E-state index is -0.102. The summed E-state index contributed by atoms with van der Waals surface area (Å²) in [6.45, 7) is 0. The summed E-state index contributed by atoms with van der Waals surface area (Å²) in [6.07, 6.45) is 1.82. The number of carbonyl (C=O) groups is 1. The molecule has 0 N–H and O–H groups in total. The van der Waals surface area contributed by atoms with Crippen molar-refractivity contribution >= 4 is 40.1 Å². The fourth-order valence-electron chi connectivity index (χ4n) is 3.43. The van der Waals surface area contributed by atoms with Crippen LogP contribution in [0.4, 0.5) is 16.2 Å². The summed E-state index contributed by atoms with van der Waals surface area (Å²) < 4.78 is 6.99. The molecule has 0 bridgehead atoms. The molecule has 0 spiro atoms. The second kappa shape index (κ2) is 6.21. The minimum absolute atomic E-state index is 0.102. The van der Waals surface area contributed by atoms with Crippen molar-refractivity contribution in [3.63, 3.8) is 0 Å². The van der Waals surface area contributed by atoms with Gasteiger partial charge in [-0.1, -0.05) is 36.0 Å². The van der Waals surface area contributed by atoms with Crippen molar-refractivity contribution < 1.29 is 9.53 Å². The fraction of sp³-hybridized carbons (Fsp3) is 0.0455. The maximum Gasteiger partial charge on any atom is 0.337 e. The predicted molar refractivity (Wildman–Crippen MR) is 108 cm³/mol. The lowest BCUT2D eigenvalue weighted by Crippen LogP contribution is -2.32. The van der Waals surface area contributed by atoms with Crippen LogP contribution in [0.2, 0.25) is 0 Å². The minimum Gasteiger partial charge on any atom is -0.497 e. The number of nitrogens with zero attached hydrogens (tertiary/aromatic N) is 2. The van der Waals surface area contributed by atoms with Gasteiger partial charge >= 0.3 is 6.03 Å². The highest BCUT2D eigenvalue weighted by Gasteiger charge is 2.29. The van der Waals surface area contributed by atoms with Crippen LogP contribution in [0, 0.1) is 0 Å². The van der Waals surface area contributed by atoms with Crippen molar-refractivity contribution in [1.29, 1.82) is 0 Å². The van der Waals surface area contributed by atoms with Crippen molar-refractivity contribution in [3.05, 3.63) is 79.0 Å². The molecule has 27 heavy (non-hydrogen) atoms. The molecule has 1 aliphatic rings. The van der Waals surface area contributed by atoms with E-state index in [9.17, 15) is 4.79 Å². The highest BCUT2D eigenvalue weighted by atomic mass is 32.2. The van der Waals surface area contributed by atoms with Crippen LogP contribution in [0.1, 0.15) is 0 Å². The number of methoxy groups -OCH3 is 1. The molecule has 5 heteroatoms. The van der Waals surface area contributed by atoms with Gasteiger partial charge in [-0.25, -0.2) is 4.79 Å². The molecule has 132 valence electrons. The monoisotopic (exact) mass is 372 g/mol. The summed E-state index contributed by atoms with van der Waals surface area (Å²) in [7, 11) is 1.64. The first-order chi connectivity index (χ1) is 13.3. The number of aromatic nitrogens is 1. The maximum atomic E-state index is 13.6. The van der Waals surface area contributed by atoms with Gasteiger partial charge in [-0.15, -0.1) is 0 Å². The number of hydrogen-bond donors (Lipinski definition) is 0. The summed E-state index contributed by atoms with van der Waals surface area (Å²) in [5.74, 6) is 0.776. The van der Waals surface area contributed by atoms with Crippen LogP contribution in [0.3, 0.4) is 0 Å². The molecule has 4 aromatic rings. The Balaban J connectivity index is 1.68. The summed E-state index contributed by atoms with van der Waals surface area (Å²) >= 11 is 1.69. The van der Waals surface area contributed by atoms with Gasteiger partial charge in [0.2, 0.25) is 0 Å². The Bertz CT molecular complexity index is 1140. The molecule has 1 aromatic heterocycles. The number of amides is 1. The van der Waals surface area contributed by atoms with Crippen molar-refractivity contribution in [2.24, 2.45) is 0 Å². The Hall–Kier alpha value is -3.18. The number of fused-ring (bicyclic) bond motifs is 3. The smallest absolute Gasteiger partial charge is 0.337 e. The summed E-state index contributed by atoms with van der Waals surface area (Å²) in [5, 5.41) is 0.968. The molecule has 0 radical (unpaired) electrons. The first kappa shape index (κ1) is 16.0. The Labute approximate surface area is 161 Å². The van der Waals surface area contributed by atoms with E-state index >= 15 is 0 Å². The topological polar surface area (TPSA) is 34.5 Å². The van der Waals surface area contributed by atoms with Gasteiger partial charge in [0.05, 0.1) is 24.0 Å². The number of ether oxygens (including phenoxy) is 1. The molecular formula is C22H16N2O2S. The molecule has 5 rings (SSSR count). The normalized spacial score (nSPS) is 12.6. The van der Waals surface area contributed by atoms with E-state index in [1.807, 2.05) is 66.9 Å². The standard InChI is InChI=1S/C22H16N2O2S/c1-26-16-10-11-17-15(14-16)12-13-23(17)22(25)24-18-6-2-4-8-20(18)27-21-9-5-3-7-19(21)24/h2-14H,1H3. The summed E-state index contributed by atoms with van der Waals surface area (Å²) in [6, 6.07) is 23.6. The maximum absolute atomic E-state index is 13.6. The molecule has 1 amide bonds. The zero-order valence-electron chi connectivity index (χ0n) is 14.6. The van der Waals surface area contributed by atoms with Crippen LogP contribution < -0.4 is 9.64 Å². The summed E-state index contributed by atoms with van der Waals surface area (Å²) in [5.41, 5.74) is 2.66. The molecular weight excluding hydrogens is 356 g/mol. The Morgan fingerprint density at radius 3 is 2.22 bits per heavy atom. The van der Waals surface area contributed by atoms with Gasteiger partial charge in [-0.2, -0.15) is 0 Å². The van der Waals surface area contributed by atoms with Crippen molar-refractivity contribution in [1.82, 2.24) is 4.57 Å². The third-order valence-electron chi connectivity index (χ3n) is 4.73. The van der Waals surface area contributed by atoms with E-state index in [0.717, 1.165) is 37.8 Å². The predicted octanol–water partition coefficient (Wildman–Crippen LogP) is 5.92. The second-order valence-electron chi connectivity index (χ2n) is 6.27. The van der Waals surface area contributed by atoms with E-state index in [1.165, 1.54) is 0 Å². The summed E-state index contributed by atoms with van der Waals surface area (Å²) in [4.78, 5) is 17.5. The Morgan fingerprint density at radius 1 is 0.889 bits per heavy atom. The Kier molecular flexibility index (Phi) is 3.69. The van der Waals surface area contributed by atoms with Crippen LogP contribution in [0.5, 0.6) is 5.75 Å². The van der Waals surface area contributed by atoms with Crippen molar-refractivity contribution in [2.75, 3.05) is 12.0 Å². The van der Waals surface area contributed by atoms with Gasteiger partial charge in [-0.3, -0.25) is 9.47 Å². The molecule has 1 aliphatic heterocycles. The van der Waals surface area contributed by atoms with E-state index < -0.39 is 0 Å². The zero-order chi connectivity index (χ0) is 18.4. The lowest BCUT2D eigenvalue weighted by molar-refractivity contribution is 0.250. The largest absolute Gasteiger partial charge is 0.497 e. The number of para-hydroxylation sites is 2. The number of hydrogen-bond acceptors (Lipinski definition) is 3. The molecule has 2 heterocycles. The van der Waals surface area contributed by atoms with Crippen molar-refractivity contribution in [3.8, 4) is 5.75 Å².